The maximum Gasteiger partial charge on any atom is 0.407 e. The summed E-state index contributed by atoms with van der Waals surface area (Å²) in [4.78, 5) is 54.8. The van der Waals surface area contributed by atoms with Gasteiger partial charge in [0.25, 0.3) is 5.91 Å². The van der Waals surface area contributed by atoms with Crippen LogP contribution in [-0.4, -0.2) is 95.3 Å². The Balaban J connectivity index is 1.87. The van der Waals surface area contributed by atoms with E-state index in [0.717, 1.165) is 0 Å². The van der Waals surface area contributed by atoms with Crippen LogP contribution in [0.1, 0.15) is 41.3 Å². The van der Waals surface area contributed by atoms with Gasteiger partial charge in [-0.15, -0.1) is 0 Å². The summed E-state index contributed by atoms with van der Waals surface area (Å²) < 4.78 is 5.01. The number of carbonyl (C=O) groups is 4. The second-order valence-corrected chi connectivity index (χ2v) is 11.1. The molecular weight excluding hydrogens is 536 g/mol. The number of likely N-dealkylation sites (N-methyl/N-ethyl adjacent to an activating group) is 1. The van der Waals surface area contributed by atoms with Crippen LogP contribution in [-0.2, 0) is 27.3 Å². The number of phenols is 1. The van der Waals surface area contributed by atoms with Crippen LogP contribution < -0.4 is 16.0 Å². The molecule has 4 atom stereocenters. The number of rotatable bonds is 7. The highest BCUT2D eigenvalue weighted by atomic mass is 16.5. The lowest BCUT2D eigenvalue weighted by atomic mass is 9.58. The molecule has 222 valence electrons. The summed E-state index contributed by atoms with van der Waals surface area (Å²) in [6.07, 6.45) is 0.0710. The van der Waals surface area contributed by atoms with E-state index in [9.17, 15) is 39.6 Å². The number of nitrogens with zero attached hydrogens (tertiary/aromatic N) is 2. The van der Waals surface area contributed by atoms with Gasteiger partial charge in [0.2, 0.25) is 5.78 Å². The second kappa shape index (κ2) is 10.7. The number of phenolic OH excluding ortho intramolecular Hbond substituents is 1. The Morgan fingerprint density at radius 2 is 1.83 bits per heavy atom. The van der Waals surface area contributed by atoms with Gasteiger partial charge in [0.15, 0.2) is 11.4 Å². The summed E-state index contributed by atoms with van der Waals surface area (Å²) in [5, 5.41) is 47.8. The fourth-order valence-electron chi connectivity index (χ4n) is 6.30. The molecule has 1 aromatic rings. The number of hydrogen-bond acceptors (Lipinski definition) is 11. The van der Waals surface area contributed by atoms with Crippen molar-refractivity contribution < 1.29 is 44.3 Å². The highest BCUT2D eigenvalue weighted by molar-refractivity contribution is 6.25. The van der Waals surface area contributed by atoms with Crippen molar-refractivity contribution in [2.24, 2.45) is 17.6 Å². The number of anilines is 1. The van der Waals surface area contributed by atoms with E-state index in [0.29, 0.717) is 17.7 Å². The number of carbonyl (C=O) groups excluding carboxylic acids is 4. The van der Waals surface area contributed by atoms with Gasteiger partial charge in [0.1, 0.15) is 22.8 Å². The highest BCUT2D eigenvalue weighted by Crippen LogP contribution is 2.53. The average molecular weight is 573 g/mol. The number of fused-ring (bicyclic) bond motifs is 3. The first-order valence-electron chi connectivity index (χ1n) is 13.3. The smallest absolute Gasteiger partial charge is 0.407 e. The quantitative estimate of drug-likeness (QED) is 0.253. The molecule has 0 aromatic heterocycles. The summed E-state index contributed by atoms with van der Waals surface area (Å²) in [5.74, 6) is -7.16. The van der Waals surface area contributed by atoms with Crippen molar-refractivity contribution in [3.63, 3.8) is 0 Å². The van der Waals surface area contributed by atoms with Gasteiger partial charge in [-0.2, -0.15) is 0 Å². The summed E-state index contributed by atoms with van der Waals surface area (Å²) in [6, 6.07) is 0.582. The molecule has 2 amide bonds. The molecule has 0 fully saturated rings. The molecule has 3 aliphatic rings. The number of primary amides is 1. The predicted molar refractivity (Wildman–Crippen MR) is 146 cm³/mol. The largest absolute Gasteiger partial charge is 0.510 e. The summed E-state index contributed by atoms with van der Waals surface area (Å²) in [7, 11) is 6.65. The van der Waals surface area contributed by atoms with Crippen molar-refractivity contribution in [1.82, 2.24) is 10.2 Å². The fourth-order valence-corrected chi connectivity index (χ4v) is 6.30. The van der Waals surface area contributed by atoms with Gasteiger partial charge < -0.3 is 41.1 Å². The molecule has 0 saturated heterocycles. The molecule has 0 spiro atoms. The Morgan fingerprint density at radius 1 is 1.17 bits per heavy atom. The minimum Gasteiger partial charge on any atom is -0.510 e. The number of hydrogen-bond donors (Lipinski definition) is 6. The van der Waals surface area contributed by atoms with Crippen LogP contribution in [0.5, 0.6) is 5.75 Å². The first-order chi connectivity index (χ1) is 19.2. The van der Waals surface area contributed by atoms with Crippen LogP contribution in [0.4, 0.5) is 10.5 Å². The number of amides is 2. The molecule has 0 aliphatic heterocycles. The number of allylic oxidation sites excluding steroid dienone is 1. The minimum absolute atomic E-state index is 0.00797. The number of ether oxygens (including phenoxy) is 1. The van der Waals surface area contributed by atoms with Gasteiger partial charge >= 0.3 is 6.09 Å². The number of aromatic hydroxyl groups is 1. The zero-order chi connectivity index (χ0) is 30.5. The van der Waals surface area contributed by atoms with E-state index in [1.165, 1.54) is 4.90 Å². The van der Waals surface area contributed by atoms with Gasteiger partial charge in [-0.1, -0.05) is 6.92 Å². The second-order valence-electron chi connectivity index (χ2n) is 11.1. The number of nitrogens with two attached hydrogens (primary N) is 1. The zero-order valence-corrected chi connectivity index (χ0v) is 23.6. The molecule has 13 nitrogen and oxygen atoms in total. The molecule has 0 saturated carbocycles. The molecule has 3 aliphatic carbocycles. The molecule has 0 unspecified atom stereocenters. The molecule has 4 rings (SSSR count). The number of Topliss-reactive ketones (excluding diaryl/α,β-unsaturated/α-hetero) is 2. The van der Waals surface area contributed by atoms with Gasteiger partial charge in [-0.05, 0) is 50.9 Å². The first-order valence-corrected chi connectivity index (χ1v) is 13.3. The van der Waals surface area contributed by atoms with Crippen molar-refractivity contribution in [3.05, 3.63) is 45.4 Å². The van der Waals surface area contributed by atoms with E-state index in [2.05, 4.69) is 5.32 Å². The number of aliphatic hydroxyl groups excluding tert-OH is 2. The lowest BCUT2D eigenvalue weighted by Gasteiger charge is -2.50. The first kappa shape index (κ1) is 29.9. The monoisotopic (exact) mass is 572 g/mol. The van der Waals surface area contributed by atoms with E-state index in [1.54, 1.807) is 39.2 Å². The number of alkyl carbamates (subject to hydrolysis) is 1. The van der Waals surface area contributed by atoms with E-state index >= 15 is 0 Å². The van der Waals surface area contributed by atoms with Crippen molar-refractivity contribution in [1.29, 1.82) is 0 Å². The van der Waals surface area contributed by atoms with Crippen molar-refractivity contribution >= 4 is 29.3 Å². The maximum atomic E-state index is 14.0. The molecule has 0 heterocycles. The number of nitrogens with one attached hydrogen (secondary N) is 1. The van der Waals surface area contributed by atoms with Crippen LogP contribution >= 0.6 is 0 Å². The third-order valence-electron chi connectivity index (χ3n) is 8.12. The Morgan fingerprint density at radius 3 is 2.39 bits per heavy atom. The average Bonchev–Trinajstić information content (AvgIpc) is 2.88. The summed E-state index contributed by atoms with van der Waals surface area (Å²) >= 11 is 0. The van der Waals surface area contributed by atoms with Crippen LogP contribution in [0, 0.1) is 11.8 Å². The van der Waals surface area contributed by atoms with Crippen molar-refractivity contribution in [2.45, 2.75) is 44.4 Å². The zero-order valence-electron chi connectivity index (χ0n) is 23.6. The third-order valence-corrected chi connectivity index (χ3v) is 8.12. The topological polar surface area (TPSA) is 203 Å². The van der Waals surface area contributed by atoms with Crippen molar-refractivity contribution in [2.75, 3.05) is 39.7 Å². The number of ketones is 2. The third kappa shape index (κ3) is 4.58. The Hall–Kier alpha value is -4.10. The normalized spacial score (nSPS) is 25.5. The predicted octanol–water partition coefficient (Wildman–Crippen LogP) is 0.823. The molecule has 0 bridgehead atoms. The summed E-state index contributed by atoms with van der Waals surface area (Å²) in [6.45, 7) is 1.89. The highest BCUT2D eigenvalue weighted by Gasteiger charge is 2.63. The molecule has 41 heavy (non-hydrogen) atoms. The molecule has 7 N–H and O–H groups in total. The van der Waals surface area contributed by atoms with E-state index in [-0.39, 0.29) is 42.7 Å². The fraction of sp³-hybridized carbons (Fsp3) is 0.500. The van der Waals surface area contributed by atoms with Crippen LogP contribution in [0.2, 0.25) is 0 Å². The molecule has 0 radical (unpaired) electrons. The van der Waals surface area contributed by atoms with Gasteiger partial charge in [0, 0.05) is 43.4 Å². The van der Waals surface area contributed by atoms with Gasteiger partial charge in [-0.3, -0.25) is 19.3 Å². The molecule has 1 aromatic carbocycles. The van der Waals surface area contributed by atoms with Crippen LogP contribution in [0.3, 0.4) is 0 Å². The van der Waals surface area contributed by atoms with Gasteiger partial charge in [-0.25, -0.2) is 4.79 Å². The van der Waals surface area contributed by atoms with Crippen molar-refractivity contribution in [3.8, 4) is 5.75 Å². The lowest BCUT2D eigenvalue weighted by Crippen LogP contribution is -2.63. The minimum atomic E-state index is -2.72. The molecular formula is C28H36N4O9. The van der Waals surface area contributed by atoms with E-state index < -0.39 is 69.9 Å². The Bertz CT molecular complexity index is 1400. The van der Waals surface area contributed by atoms with Crippen LogP contribution in [0.15, 0.2) is 28.7 Å². The summed E-state index contributed by atoms with van der Waals surface area (Å²) in [5.41, 5.74) is 2.70. The Labute approximate surface area is 236 Å². The number of benzene rings is 1. The van der Waals surface area contributed by atoms with Gasteiger partial charge in [0.05, 0.1) is 18.2 Å². The number of aliphatic hydroxyl groups is 3. The lowest BCUT2D eigenvalue weighted by molar-refractivity contribution is -0.148. The standard InChI is InChI=1S/C28H36N4O9/c1-6-7-41-27(39)30-11-13-10-16(31(2)3)14-8-12-9-15-20(32(4)5)23(35)19(26(29)38)25(37)28(15,40)24(36)17(12)22(34)18(14)21(13)33/h10,12,15,20,33,35-36,40H,6-9,11H2,1-5H3,(H2,29,38)(H,30,39)/t12-,15-,20-,28-/m0/s1. The van der Waals surface area contributed by atoms with E-state index in [4.69, 9.17) is 10.5 Å². The molecule has 13 heteroatoms. The maximum absolute atomic E-state index is 14.0. The Kier molecular flexibility index (Phi) is 7.80. The van der Waals surface area contributed by atoms with Crippen LogP contribution in [0.25, 0.3) is 0 Å². The van der Waals surface area contributed by atoms with E-state index in [1.807, 2.05) is 6.92 Å². The SMILES string of the molecule is CCCOC(=O)NCc1cc(N(C)C)c2c(c1O)C(=O)C1=C(O)[C@]3(O)C(=O)C(C(N)=O)=C(O)[C@@H](N(C)C)[C@@H]3C[C@@H]1C2.